The van der Waals surface area contributed by atoms with Crippen LogP contribution in [-0.4, -0.2) is 47.7 Å². The van der Waals surface area contributed by atoms with Crippen molar-refractivity contribution in [3.05, 3.63) is 0 Å². The van der Waals surface area contributed by atoms with Gasteiger partial charge in [-0.25, -0.2) is 4.79 Å². The molecule has 0 aliphatic carbocycles. The van der Waals surface area contributed by atoms with Gasteiger partial charge in [-0.2, -0.15) is 0 Å². The second-order valence-corrected chi connectivity index (χ2v) is 5.71. The third-order valence-electron chi connectivity index (χ3n) is 2.60. The SMILES string of the molecule is C[C@H](N)C(=O)NC1CCN(C(=O)OC(C)(C)C)C1. The van der Waals surface area contributed by atoms with Crippen molar-refractivity contribution in [2.24, 2.45) is 5.73 Å². The number of likely N-dealkylation sites (tertiary alicyclic amines) is 1. The number of ether oxygens (including phenoxy) is 1. The molecule has 1 fully saturated rings. The summed E-state index contributed by atoms with van der Waals surface area (Å²) >= 11 is 0. The molecule has 0 aromatic rings. The molecule has 3 N–H and O–H groups in total. The topological polar surface area (TPSA) is 84.7 Å². The lowest BCUT2D eigenvalue weighted by atomic mass is 10.2. The van der Waals surface area contributed by atoms with Crippen LogP contribution in [0.1, 0.15) is 34.1 Å². The van der Waals surface area contributed by atoms with E-state index < -0.39 is 11.6 Å². The van der Waals surface area contributed by atoms with Crippen molar-refractivity contribution in [2.45, 2.75) is 51.8 Å². The second-order valence-electron chi connectivity index (χ2n) is 5.71. The van der Waals surface area contributed by atoms with Crippen LogP contribution in [0.4, 0.5) is 4.79 Å². The van der Waals surface area contributed by atoms with Gasteiger partial charge in [-0.05, 0) is 34.1 Å². The number of nitrogens with two attached hydrogens (primary N) is 1. The molecule has 0 aromatic carbocycles. The Morgan fingerprint density at radius 2 is 2.06 bits per heavy atom. The van der Waals surface area contributed by atoms with E-state index >= 15 is 0 Å². The number of carbonyl (C=O) groups excluding carboxylic acids is 2. The summed E-state index contributed by atoms with van der Waals surface area (Å²) in [7, 11) is 0. The van der Waals surface area contributed by atoms with Gasteiger partial charge in [-0.3, -0.25) is 4.79 Å². The molecule has 1 heterocycles. The van der Waals surface area contributed by atoms with Crippen LogP contribution in [0, 0.1) is 0 Å². The Hall–Kier alpha value is -1.30. The van der Waals surface area contributed by atoms with E-state index in [1.807, 2.05) is 20.8 Å². The van der Waals surface area contributed by atoms with Crippen molar-refractivity contribution in [1.82, 2.24) is 10.2 Å². The fraction of sp³-hybridized carbons (Fsp3) is 0.833. The van der Waals surface area contributed by atoms with E-state index in [9.17, 15) is 9.59 Å². The van der Waals surface area contributed by atoms with E-state index in [0.29, 0.717) is 13.1 Å². The Bertz CT molecular complexity index is 323. The van der Waals surface area contributed by atoms with Crippen LogP contribution in [-0.2, 0) is 9.53 Å². The maximum absolute atomic E-state index is 11.8. The predicted octanol–water partition coefficient (Wildman–Crippen LogP) is 0.459. The molecule has 0 aromatic heterocycles. The normalized spacial score (nSPS) is 21.6. The third-order valence-corrected chi connectivity index (χ3v) is 2.60. The summed E-state index contributed by atoms with van der Waals surface area (Å²) in [6.45, 7) is 8.20. The Kier molecular flexibility index (Phi) is 4.56. The lowest BCUT2D eigenvalue weighted by molar-refractivity contribution is -0.122. The van der Waals surface area contributed by atoms with Gasteiger partial charge in [-0.15, -0.1) is 0 Å². The predicted molar refractivity (Wildman–Crippen MR) is 68.0 cm³/mol. The van der Waals surface area contributed by atoms with E-state index in [-0.39, 0.29) is 18.0 Å². The fourth-order valence-electron chi connectivity index (χ4n) is 1.70. The zero-order valence-electron chi connectivity index (χ0n) is 11.5. The van der Waals surface area contributed by atoms with Gasteiger partial charge in [0.15, 0.2) is 0 Å². The number of nitrogens with zero attached hydrogens (tertiary/aromatic N) is 1. The molecule has 1 saturated heterocycles. The fourth-order valence-corrected chi connectivity index (χ4v) is 1.70. The van der Waals surface area contributed by atoms with Crippen molar-refractivity contribution in [1.29, 1.82) is 0 Å². The molecule has 0 saturated carbocycles. The Balaban J connectivity index is 2.42. The number of hydrogen-bond donors (Lipinski definition) is 2. The average Bonchev–Trinajstić information content (AvgIpc) is 2.63. The number of hydrogen-bond acceptors (Lipinski definition) is 4. The standard InChI is InChI=1S/C12H23N3O3/c1-8(13)10(16)14-9-5-6-15(7-9)11(17)18-12(2,3)4/h8-9H,5-7,13H2,1-4H3,(H,14,16)/t8-,9?/m0/s1. The highest BCUT2D eigenvalue weighted by molar-refractivity contribution is 5.81. The summed E-state index contributed by atoms with van der Waals surface area (Å²) in [4.78, 5) is 24.8. The molecule has 2 atom stereocenters. The minimum Gasteiger partial charge on any atom is -0.444 e. The van der Waals surface area contributed by atoms with E-state index in [1.165, 1.54) is 0 Å². The Morgan fingerprint density at radius 1 is 1.44 bits per heavy atom. The van der Waals surface area contributed by atoms with Gasteiger partial charge in [0.25, 0.3) is 0 Å². The summed E-state index contributed by atoms with van der Waals surface area (Å²) in [5, 5.41) is 2.81. The monoisotopic (exact) mass is 257 g/mol. The summed E-state index contributed by atoms with van der Waals surface area (Å²) in [5.41, 5.74) is 4.98. The third kappa shape index (κ3) is 4.52. The first kappa shape index (κ1) is 14.8. The van der Waals surface area contributed by atoms with Crippen molar-refractivity contribution in [3.63, 3.8) is 0 Å². The molecule has 1 unspecified atom stereocenters. The van der Waals surface area contributed by atoms with Gasteiger partial charge in [0, 0.05) is 19.1 Å². The smallest absolute Gasteiger partial charge is 0.410 e. The first-order chi connectivity index (χ1) is 8.19. The number of rotatable bonds is 2. The molecule has 1 rings (SSSR count). The molecule has 6 heteroatoms. The van der Waals surface area contributed by atoms with Crippen LogP contribution in [0.2, 0.25) is 0 Å². The largest absolute Gasteiger partial charge is 0.444 e. The summed E-state index contributed by atoms with van der Waals surface area (Å²) in [6, 6.07) is -0.559. The summed E-state index contributed by atoms with van der Waals surface area (Å²) < 4.78 is 5.27. The van der Waals surface area contributed by atoms with Crippen LogP contribution in [0.5, 0.6) is 0 Å². The Morgan fingerprint density at radius 3 is 2.56 bits per heavy atom. The Labute approximate surface area is 108 Å². The van der Waals surface area contributed by atoms with Crippen molar-refractivity contribution in [3.8, 4) is 0 Å². The highest BCUT2D eigenvalue weighted by Gasteiger charge is 2.30. The highest BCUT2D eigenvalue weighted by Crippen LogP contribution is 2.15. The van der Waals surface area contributed by atoms with Crippen LogP contribution in [0.3, 0.4) is 0 Å². The lowest BCUT2D eigenvalue weighted by Gasteiger charge is -2.24. The first-order valence-electron chi connectivity index (χ1n) is 6.23. The van der Waals surface area contributed by atoms with Crippen molar-refractivity contribution in [2.75, 3.05) is 13.1 Å². The molecule has 2 amide bonds. The van der Waals surface area contributed by atoms with Crippen molar-refractivity contribution >= 4 is 12.0 Å². The zero-order chi connectivity index (χ0) is 13.9. The van der Waals surface area contributed by atoms with Crippen molar-refractivity contribution < 1.29 is 14.3 Å². The molecular formula is C12H23N3O3. The lowest BCUT2D eigenvalue weighted by Crippen LogP contribution is -2.45. The van der Waals surface area contributed by atoms with E-state index in [1.54, 1.807) is 11.8 Å². The maximum atomic E-state index is 11.8. The van der Waals surface area contributed by atoms with Gasteiger partial charge in [-0.1, -0.05) is 0 Å². The summed E-state index contributed by atoms with van der Waals surface area (Å²) in [5.74, 6) is -0.189. The van der Waals surface area contributed by atoms with Gasteiger partial charge >= 0.3 is 6.09 Å². The molecule has 0 radical (unpaired) electrons. The first-order valence-corrected chi connectivity index (χ1v) is 6.23. The minimum absolute atomic E-state index is 0.0315. The van der Waals surface area contributed by atoms with E-state index in [2.05, 4.69) is 5.32 Å². The molecule has 0 bridgehead atoms. The van der Waals surface area contributed by atoms with Gasteiger partial charge in [0.2, 0.25) is 5.91 Å². The molecular weight excluding hydrogens is 234 g/mol. The second kappa shape index (κ2) is 5.56. The van der Waals surface area contributed by atoms with Gasteiger partial charge in [0.05, 0.1) is 6.04 Å². The highest BCUT2D eigenvalue weighted by atomic mass is 16.6. The van der Waals surface area contributed by atoms with Crippen LogP contribution in [0.15, 0.2) is 0 Å². The van der Waals surface area contributed by atoms with Crippen LogP contribution in [0.25, 0.3) is 0 Å². The molecule has 18 heavy (non-hydrogen) atoms. The molecule has 6 nitrogen and oxygen atoms in total. The molecule has 1 aliphatic heterocycles. The van der Waals surface area contributed by atoms with E-state index in [4.69, 9.17) is 10.5 Å². The summed E-state index contributed by atoms with van der Waals surface area (Å²) in [6.07, 6.45) is 0.401. The number of carbonyl (C=O) groups is 2. The van der Waals surface area contributed by atoms with Gasteiger partial charge < -0.3 is 20.7 Å². The molecule has 104 valence electrons. The number of amides is 2. The zero-order valence-corrected chi connectivity index (χ0v) is 11.5. The van der Waals surface area contributed by atoms with Crippen LogP contribution >= 0.6 is 0 Å². The average molecular weight is 257 g/mol. The van der Waals surface area contributed by atoms with Crippen LogP contribution < -0.4 is 11.1 Å². The number of nitrogens with one attached hydrogen (secondary N) is 1. The molecule has 1 aliphatic rings. The van der Waals surface area contributed by atoms with E-state index in [0.717, 1.165) is 6.42 Å². The molecule has 0 spiro atoms. The minimum atomic E-state index is -0.527. The quantitative estimate of drug-likeness (QED) is 0.752. The maximum Gasteiger partial charge on any atom is 0.410 e. The van der Waals surface area contributed by atoms with Gasteiger partial charge in [0.1, 0.15) is 5.60 Å².